The van der Waals surface area contributed by atoms with Crippen LogP contribution >= 0.6 is 11.3 Å². The standard InChI is InChI=1S/C16H20N4O4S2/c1-2-14-19-20-16(25-14)18-15(21)11-5-7-13(8-6-11)26(22,23)17-10-12-4-3-9-24-12/h5-8,12,17H,2-4,9-10H2,1H3,(H,18,20,21)/t12-/m0/s1. The summed E-state index contributed by atoms with van der Waals surface area (Å²) < 4.78 is 32.6. The number of sulfonamides is 1. The number of nitrogens with zero attached hydrogens (tertiary/aromatic N) is 2. The molecule has 0 saturated carbocycles. The van der Waals surface area contributed by atoms with Crippen LogP contribution in [0.4, 0.5) is 5.13 Å². The van der Waals surface area contributed by atoms with Gasteiger partial charge in [0.1, 0.15) is 5.01 Å². The highest BCUT2D eigenvalue weighted by molar-refractivity contribution is 7.89. The lowest BCUT2D eigenvalue weighted by atomic mass is 10.2. The van der Waals surface area contributed by atoms with Gasteiger partial charge in [0.2, 0.25) is 15.2 Å². The molecule has 1 saturated heterocycles. The maximum absolute atomic E-state index is 12.3. The van der Waals surface area contributed by atoms with Crippen LogP contribution in [0.25, 0.3) is 0 Å². The number of hydrogen-bond acceptors (Lipinski definition) is 7. The monoisotopic (exact) mass is 396 g/mol. The highest BCUT2D eigenvalue weighted by Gasteiger charge is 2.20. The number of hydrogen-bond donors (Lipinski definition) is 2. The van der Waals surface area contributed by atoms with Gasteiger partial charge < -0.3 is 4.74 Å². The van der Waals surface area contributed by atoms with Crippen LogP contribution in [0.2, 0.25) is 0 Å². The van der Waals surface area contributed by atoms with Crippen LogP contribution in [0.3, 0.4) is 0 Å². The zero-order chi connectivity index (χ0) is 18.6. The molecule has 0 bridgehead atoms. The number of carbonyl (C=O) groups is 1. The van der Waals surface area contributed by atoms with Gasteiger partial charge in [0.15, 0.2) is 0 Å². The molecule has 3 rings (SSSR count). The van der Waals surface area contributed by atoms with Gasteiger partial charge in [-0.3, -0.25) is 10.1 Å². The normalized spacial score (nSPS) is 17.3. The Kier molecular flexibility index (Phi) is 5.97. The summed E-state index contributed by atoms with van der Waals surface area (Å²) in [5.74, 6) is -0.361. The molecule has 2 N–H and O–H groups in total. The van der Waals surface area contributed by atoms with Gasteiger partial charge in [-0.25, -0.2) is 13.1 Å². The predicted molar refractivity (Wildman–Crippen MR) is 97.8 cm³/mol. The summed E-state index contributed by atoms with van der Waals surface area (Å²) in [7, 11) is -3.63. The summed E-state index contributed by atoms with van der Waals surface area (Å²) in [5.41, 5.74) is 0.344. The summed E-state index contributed by atoms with van der Waals surface area (Å²) in [6, 6.07) is 5.75. The second-order valence-corrected chi connectivity index (χ2v) is 8.65. The number of carbonyl (C=O) groups excluding carboxylic acids is 1. The number of amides is 1. The Hall–Kier alpha value is -1.88. The van der Waals surface area contributed by atoms with Crippen molar-refractivity contribution in [3.05, 3.63) is 34.8 Å². The number of anilines is 1. The van der Waals surface area contributed by atoms with E-state index in [2.05, 4.69) is 20.2 Å². The van der Waals surface area contributed by atoms with Crippen molar-refractivity contribution in [2.24, 2.45) is 0 Å². The van der Waals surface area contributed by atoms with Crippen molar-refractivity contribution < 1.29 is 17.9 Å². The quantitative estimate of drug-likeness (QED) is 0.738. The molecule has 10 heteroatoms. The van der Waals surface area contributed by atoms with Crippen LogP contribution in [-0.4, -0.2) is 43.8 Å². The summed E-state index contributed by atoms with van der Waals surface area (Å²) in [6.07, 6.45) is 2.48. The number of rotatable bonds is 7. The zero-order valence-corrected chi connectivity index (χ0v) is 15.9. The maximum atomic E-state index is 12.3. The Morgan fingerprint density at radius 1 is 1.31 bits per heavy atom. The van der Waals surface area contributed by atoms with Crippen molar-refractivity contribution in [3.63, 3.8) is 0 Å². The van der Waals surface area contributed by atoms with Crippen molar-refractivity contribution in [2.75, 3.05) is 18.5 Å². The minimum absolute atomic E-state index is 0.0743. The summed E-state index contributed by atoms with van der Waals surface area (Å²) in [5, 5.41) is 11.7. The minimum Gasteiger partial charge on any atom is -0.377 e. The molecule has 1 atom stereocenters. The van der Waals surface area contributed by atoms with Crippen LogP contribution < -0.4 is 10.0 Å². The van der Waals surface area contributed by atoms with Gasteiger partial charge in [-0.05, 0) is 43.5 Å². The van der Waals surface area contributed by atoms with E-state index >= 15 is 0 Å². The van der Waals surface area contributed by atoms with E-state index in [0.29, 0.717) is 17.3 Å². The fourth-order valence-corrected chi connectivity index (χ4v) is 4.23. The Morgan fingerprint density at radius 3 is 2.69 bits per heavy atom. The van der Waals surface area contributed by atoms with E-state index in [1.165, 1.54) is 35.6 Å². The molecule has 1 aromatic carbocycles. The molecular formula is C16H20N4O4S2. The third kappa shape index (κ3) is 4.64. The van der Waals surface area contributed by atoms with E-state index in [0.717, 1.165) is 24.3 Å². The van der Waals surface area contributed by atoms with Crippen molar-refractivity contribution in [3.8, 4) is 0 Å². The maximum Gasteiger partial charge on any atom is 0.257 e. The smallest absolute Gasteiger partial charge is 0.257 e. The van der Waals surface area contributed by atoms with Crippen molar-refractivity contribution >= 4 is 32.4 Å². The minimum atomic E-state index is -3.63. The highest BCUT2D eigenvalue weighted by Crippen LogP contribution is 2.18. The van der Waals surface area contributed by atoms with E-state index in [1.807, 2.05) is 6.92 Å². The van der Waals surface area contributed by atoms with Crippen molar-refractivity contribution in [2.45, 2.75) is 37.2 Å². The molecule has 2 aromatic rings. The Balaban J connectivity index is 1.62. The first kappa shape index (κ1) is 18.9. The first-order valence-electron chi connectivity index (χ1n) is 8.33. The lowest BCUT2D eigenvalue weighted by Crippen LogP contribution is -2.31. The van der Waals surface area contributed by atoms with Gasteiger partial charge in [-0.15, -0.1) is 10.2 Å². The van der Waals surface area contributed by atoms with Crippen LogP contribution in [-0.2, 0) is 21.2 Å². The Morgan fingerprint density at radius 2 is 2.08 bits per heavy atom. The average molecular weight is 396 g/mol. The fraction of sp³-hybridized carbons (Fsp3) is 0.438. The SMILES string of the molecule is CCc1nnc(NC(=O)c2ccc(S(=O)(=O)NC[C@@H]3CCCO3)cc2)s1. The second kappa shape index (κ2) is 8.21. The highest BCUT2D eigenvalue weighted by atomic mass is 32.2. The van der Waals surface area contributed by atoms with Gasteiger partial charge >= 0.3 is 0 Å². The topological polar surface area (TPSA) is 110 Å². The molecule has 0 unspecified atom stereocenters. The second-order valence-electron chi connectivity index (χ2n) is 5.82. The Labute approximate surface area is 156 Å². The van der Waals surface area contributed by atoms with E-state index in [1.54, 1.807) is 0 Å². The van der Waals surface area contributed by atoms with E-state index < -0.39 is 10.0 Å². The molecule has 0 radical (unpaired) electrons. The van der Waals surface area contributed by atoms with Crippen molar-refractivity contribution in [1.29, 1.82) is 0 Å². The molecule has 26 heavy (non-hydrogen) atoms. The van der Waals surface area contributed by atoms with Gasteiger partial charge in [-0.2, -0.15) is 0 Å². The van der Waals surface area contributed by atoms with Crippen LogP contribution in [0.5, 0.6) is 0 Å². The van der Waals surface area contributed by atoms with Gasteiger partial charge in [0.25, 0.3) is 5.91 Å². The predicted octanol–water partition coefficient (Wildman–Crippen LogP) is 1.81. The third-order valence-electron chi connectivity index (χ3n) is 3.94. The summed E-state index contributed by atoms with van der Waals surface area (Å²) >= 11 is 1.31. The zero-order valence-electron chi connectivity index (χ0n) is 14.3. The summed E-state index contributed by atoms with van der Waals surface area (Å²) in [6.45, 7) is 2.88. The number of ether oxygens (including phenoxy) is 1. The number of aromatic nitrogens is 2. The molecule has 0 spiro atoms. The molecule has 2 heterocycles. The van der Waals surface area contributed by atoms with Gasteiger partial charge in [-0.1, -0.05) is 18.3 Å². The number of benzene rings is 1. The van der Waals surface area contributed by atoms with Gasteiger partial charge in [0.05, 0.1) is 11.0 Å². The van der Waals surface area contributed by atoms with Crippen LogP contribution in [0.1, 0.15) is 35.1 Å². The lowest BCUT2D eigenvalue weighted by Gasteiger charge is -2.11. The first-order valence-corrected chi connectivity index (χ1v) is 10.6. The fourth-order valence-electron chi connectivity index (χ4n) is 2.49. The largest absolute Gasteiger partial charge is 0.377 e. The number of nitrogens with one attached hydrogen (secondary N) is 2. The Bertz CT molecular complexity index is 859. The molecule has 1 aliphatic heterocycles. The van der Waals surface area contributed by atoms with E-state index in [4.69, 9.17) is 4.74 Å². The molecule has 140 valence electrons. The van der Waals surface area contributed by atoms with E-state index in [-0.39, 0.29) is 23.5 Å². The third-order valence-corrected chi connectivity index (χ3v) is 6.36. The molecule has 1 aliphatic rings. The lowest BCUT2D eigenvalue weighted by molar-refractivity contribution is 0.102. The molecule has 1 fully saturated rings. The van der Waals surface area contributed by atoms with Gasteiger partial charge in [0, 0.05) is 18.7 Å². The van der Waals surface area contributed by atoms with Crippen LogP contribution in [0.15, 0.2) is 29.2 Å². The average Bonchev–Trinajstić information content (AvgIpc) is 3.32. The molecule has 8 nitrogen and oxygen atoms in total. The molecule has 0 aliphatic carbocycles. The first-order chi connectivity index (χ1) is 12.5. The van der Waals surface area contributed by atoms with Crippen LogP contribution in [0, 0.1) is 0 Å². The van der Waals surface area contributed by atoms with E-state index in [9.17, 15) is 13.2 Å². The van der Waals surface area contributed by atoms with Crippen molar-refractivity contribution in [1.82, 2.24) is 14.9 Å². The number of aryl methyl sites for hydroxylation is 1. The molecule has 1 amide bonds. The summed E-state index contributed by atoms with van der Waals surface area (Å²) in [4.78, 5) is 12.3. The molecular weight excluding hydrogens is 376 g/mol. The molecule has 1 aromatic heterocycles.